The highest BCUT2D eigenvalue weighted by atomic mass is 16.5. The molecule has 0 aliphatic carbocycles. The Hall–Kier alpha value is -1.02. The first-order valence-corrected chi connectivity index (χ1v) is 6.48. The molecule has 0 amide bonds. The average Bonchev–Trinajstić information content (AvgIpc) is 2.25. The fraction of sp³-hybridized carbons (Fsp3) is 0.600. The third kappa shape index (κ3) is 5.22. The van der Waals surface area contributed by atoms with Crippen molar-refractivity contribution < 1.29 is 4.74 Å². The molecule has 0 aliphatic rings. The molecule has 2 heteroatoms. The predicted octanol–water partition coefficient (Wildman–Crippen LogP) is 3.61. The summed E-state index contributed by atoms with van der Waals surface area (Å²) in [6.45, 7) is 11.7. The highest BCUT2D eigenvalue weighted by molar-refractivity contribution is 5.28. The fourth-order valence-corrected chi connectivity index (χ4v) is 1.52. The molecule has 2 nitrogen and oxygen atoms in total. The molecule has 17 heavy (non-hydrogen) atoms. The van der Waals surface area contributed by atoms with Crippen molar-refractivity contribution in [1.29, 1.82) is 0 Å². The number of hydrogen-bond acceptors (Lipinski definition) is 2. The van der Waals surface area contributed by atoms with E-state index in [2.05, 4.69) is 44.3 Å². The van der Waals surface area contributed by atoms with E-state index in [0.29, 0.717) is 12.0 Å². The summed E-state index contributed by atoms with van der Waals surface area (Å²) in [7, 11) is 0. The van der Waals surface area contributed by atoms with Crippen molar-refractivity contribution in [1.82, 2.24) is 5.32 Å². The normalized spacial score (nSPS) is 13.1. The Morgan fingerprint density at radius 1 is 1.12 bits per heavy atom. The summed E-state index contributed by atoms with van der Waals surface area (Å²) in [5, 5.41) is 3.52. The smallest absolute Gasteiger partial charge is 0.120 e. The minimum atomic E-state index is 0.229. The lowest BCUT2D eigenvalue weighted by Gasteiger charge is -2.18. The van der Waals surface area contributed by atoms with Crippen molar-refractivity contribution in [3.8, 4) is 5.75 Å². The lowest BCUT2D eigenvalue weighted by Crippen LogP contribution is -2.30. The maximum Gasteiger partial charge on any atom is 0.120 e. The summed E-state index contributed by atoms with van der Waals surface area (Å²) >= 11 is 0. The van der Waals surface area contributed by atoms with Crippen molar-refractivity contribution in [2.75, 3.05) is 0 Å². The Morgan fingerprint density at radius 3 is 2.41 bits per heavy atom. The van der Waals surface area contributed by atoms with Gasteiger partial charge in [0.1, 0.15) is 5.75 Å². The molecule has 0 radical (unpaired) electrons. The Morgan fingerprint density at radius 2 is 1.82 bits per heavy atom. The molecule has 0 bridgehead atoms. The van der Waals surface area contributed by atoms with Crippen LogP contribution in [0.5, 0.6) is 5.75 Å². The zero-order valence-electron chi connectivity index (χ0n) is 11.7. The first kappa shape index (κ1) is 14.0. The van der Waals surface area contributed by atoms with Crippen LogP contribution in [0.3, 0.4) is 0 Å². The summed E-state index contributed by atoms with van der Waals surface area (Å²) in [5.74, 6) is 1.61. The lowest BCUT2D eigenvalue weighted by molar-refractivity contribution is 0.242. The van der Waals surface area contributed by atoms with Gasteiger partial charge in [-0.2, -0.15) is 0 Å². The molecule has 0 saturated carbocycles. The van der Waals surface area contributed by atoms with Crippen LogP contribution in [0.2, 0.25) is 0 Å². The maximum absolute atomic E-state index is 5.68. The van der Waals surface area contributed by atoms with Gasteiger partial charge in [0.05, 0.1) is 6.10 Å². The molecule has 0 spiro atoms. The van der Waals surface area contributed by atoms with Crippen LogP contribution >= 0.6 is 0 Å². The largest absolute Gasteiger partial charge is 0.491 e. The highest BCUT2D eigenvalue weighted by Crippen LogP contribution is 2.15. The molecule has 96 valence electrons. The van der Waals surface area contributed by atoms with Crippen LogP contribution in [-0.2, 0) is 6.54 Å². The molecule has 1 rings (SSSR count). The van der Waals surface area contributed by atoms with Gasteiger partial charge >= 0.3 is 0 Å². The van der Waals surface area contributed by atoms with Crippen LogP contribution in [0.25, 0.3) is 0 Å². The van der Waals surface area contributed by atoms with Crippen LogP contribution in [0.1, 0.15) is 40.2 Å². The van der Waals surface area contributed by atoms with Gasteiger partial charge in [0.2, 0.25) is 0 Å². The van der Waals surface area contributed by atoms with Crippen molar-refractivity contribution in [3.05, 3.63) is 29.8 Å². The average molecular weight is 235 g/mol. The van der Waals surface area contributed by atoms with E-state index >= 15 is 0 Å². The van der Waals surface area contributed by atoms with Gasteiger partial charge in [-0.25, -0.2) is 0 Å². The van der Waals surface area contributed by atoms with Crippen LogP contribution in [0, 0.1) is 5.92 Å². The zero-order valence-corrected chi connectivity index (χ0v) is 11.7. The molecule has 1 unspecified atom stereocenters. The second-order valence-electron chi connectivity index (χ2n) is 5.23. The standard InChI is InChI=1S/C15H25NO/c1-11(2)13(5)16-10-14-7-6-8-15(9-14)17-12(3)4/h6-9,11-13,16H,10H2,1-5H3. The molecule has 1 aromatic rings. The van der Waals surface area contributed by atoms with E-state index < -0.39 is 0 Å². The first-order valence-electron chi connectivity index (χ1n) is 6.48. The Balaban J connectivity index is 2.54. The van der Waals surface area contributed by atoms with Gasteiger partial charge in [-0.1, -0.05) is 26.0 Å². The van der Waals surface area contributed by atoms with Gasteiger partial charge in [0.25, 0.3) is 0 Å². The molecule has 1 aromatic carbocycles. The third-order valence-electron chi connectivity index (χ3n) is 2.90. The van der Waals surface area contributed by atoms with Gasteiger partial charge in [-0.3, -0.25) is 0 Å². The summed E-state index contributed by atoms with van der Waals surface area (Å²) in [4.78, 5) is 0. The van der Waals surface area contributed by atoms with E-state index in [-0.39, 0.29) is 6.10 Å². The van der Waals surface area contributed by atoms with E-state index in [4.69, 9.17) is 4.74 Å². The SMILES string of the molecule is CC(C)Oc1cccc(CNC(C)C(C)C)c1. The quantitative estimate of drug-likeness (QED) is 0.813. The van der Waals surface area contributed by atoms with Crippen LogP contribution < -0.4 is 10.1 Å². The summed E-state index contributed by atoms with van der Waals surface area (Å²) in [5.41, 5.74) is 1.27. The zero-order chi connectivity index (χ0) is 12.8. The second-order valence-corrected chi connectivity index (χ2v) is 5.23. The van der Waals surface area contributed by atoms with Gasteiger partial charge < -0.3 is 10.1 Å². The van der Waals surface area contributed by atoms with Gasteiger partial charge in [-0.15, -0.1) is 0 Å². The van der Waals surface area contributed by atoms with Crippen molar-refractivity contribution in [2.24, 2.45) is 5.92 Å². The molecule has 1 N–H and O–H groups in total. The van der Waals surface area contributed by atoms with Crippen LogP contribution in [-0.4, -0.2) is 12.1 Å². The molecule has 0 saturated heterocycles. The van der Waals surface area contributed by atoms with E-state index in [1.165, 1.54) is 5.56 Å². The van der Waals surface area contributed by atoms with Crippen molar-refractivity contribution in [2.45, 2.75) is 53.3 Å². The summed E-state index contributed by atoms with van der Waals surface area (Å²) in [6, 6.07) is 8.84. The summed E-state index contributed by atoms with van der Waals surface area (Å²) < 4.78 is 5.68. The number of rotatable bonds is 6. The molecule has 0 fully saturated rings. The Bertz CT molecular complexity index is 333. The number of ether oxygens (including phenoxy) is 1. The van der Waals surface area contributed by atoms with E-state index in [1.807, 2.05) is 19.9 Å². The topological polar surface area (TPSA) is 21.3 Å². The minimum absolute atomic E-state index is 0.229. The highest BCUT2D eigenvalue weighted by Gasteiger charge is 2.06. The Kier molecular flexibility index (Phi) is 5.49. The second kappa shape index (κ2) is 6.65. The molecule has 1 atom stereocenters. The van der Waals surface area contributed by atoms with Gasteiger partial charge in [-0.05, 0) is 44.4 Å². The number of hydrogen-bond donors (Lipinski definition) is 1. The number of benzene rings is 1. The molecule has 0 aliphatic heterocycles. The minimum Gasteiger partial charge on any atom is -0.491 e. The summed E-state index contributed by atoms with van der Waals surface area (Å²) in [6.07, 6.45) is 0.229. The monoisotopic (exact) mass is 235 g/mol. The molecular weight excluding hydrogens is 210 g/mol. The van der Waals surface area contributed by atoms with Crippen molar-refractivity contribution in [3.63, 3.8) is 0 Å². The number of nitrogens with one attached hydrogen (secondary N) is 1. The van der Waals surface area contributed by atoms with Crippen LogP contribution in [0.4, 0.5) is 0 Å². The van der Waals surface area contributed by atoms with Gasteiger partial charge in [0.15, 0.2) is 0 Å². The Labute approximate surface area is 105 Å². The van der Waals surface area contributed by atoms with E-state index in [0.717, 1.165) is 12.3 Å². The lowest BCUT2D eigenvalue weighted by atomic mass is 10.1. The first-order chi connectivity index (χ1) is 7.99. The van der Waals surface area contributed by atoms with E-state index in [1.54, 1.807) is 0 Å². The predicted molar refractivity (Wildman–Crippen MR) is 73.3 cm³/mol. The fourth-order valence-electron chi connectivity index (χ4n) is 1.52. The molecular formula is C15H25NO. The third-order valence-corrected chi connectivity index (χ3v) is 2.90. The molecule has 0 heterocycles. The molecule has 0 aromatic heterocycles. The van der Waals surface area contributed by atoms with Crippen molar-refractivity contribution >= 4 is 0 Å². The van der Waals surface area contributed by atoms with E-state index in [9.17, 15) is 0 Å². The maximum atomic E-state index is 5.68. The van der Waals surface area contributed by atoms with Gasteiger partial charge in [0, 0.05) is 12.6 Å². The van der Waals surface area contributed by atoms with Crippen LogP contribution in [0.15, 0.2) is 24.3 Å².